The summed E-state index contributed by atoms with van der Waals surface area (Å²) in [5.74, 6) is 0.561. The van der Waals surface area contributed by atoms with Gasteiger partial charge in [-0.25, -0.2) is 4.39 Å². The minimum Gasteiger partial charge on any atom is -0.312 e. The minimum atomic E-state index is -0.138. The lowest BCUT2D eigenvalue weighted by atomic mass is 9.98. The van der Waals surface area contributed by atoms with E-state index >= 15 is 0 Å². The highest BCUT2D eigenvalue weighted by Crippen LogP contribution is 2.17. The zero-order valence-corrected chi connectivity index (χ0v) is 13.0. The molecule has 0 radical (unpaired) electrons. The summed E-state index contributed by atoms with van der Waals surface area (Å²) < 4.78 is 13.2. The van der Waals surface area contributed by atoms with Crippen LogP contribution in [0.1, 0.15) is 37.8 Å². The molecule has 1 aliphatic rings. The van der Waals surface area contributed by atoms with Gasteiger partial charge in [0.25, 0.3) is 0 Å². The van der Waals surface area contributed by atoms with Crippen molar-refractivity contribution in [3.8, 4) is 0 Å². The number of benzene rings is 1. The molecule has 112 valence electrons. The van der Waals surface area contributed by atoms with Crippen molar-refractivity contribution in [3.05, 3.63) is 35.1 Å². The molecule has 0 bridgehead atoms. The van der Waals surface area contributed by atoms with Crippen molar-refractivity contribution in [2.75, 3.05) is 19.6 Å². The summed E-state index contributed by atoms with van der Waals surface area (Å²) in [4.78, 5) is 2.51. The van der Waals surface area contributed by atoms with E-state index in [-0.39, 0.29) is 5.82 Å². The van der Waals surface area contributed by atoms with Crippen molar-refractivity contribution in [1.29, 1.82) is 0 Å². The Balaban J connectivity index is 2.03. The zero-order valence-electron chi connectivity index (χ0n) is 13.0. The molecule has 2 unspecified atom stereocenters. The molecule has 2 rings (SSSR count). The van der Waals surface area contributed by atoms with Gasteiger partial charge in [0.15, 0.2) is 0 Å². The molecule has 0 aliphatic carbocycles. The molecule has 0 aromatic heterocycles. The highest BCUT2D eigenvalue weighted by molar-refractivity contribution is 5.26. The maximum atomic E-state index is 13.2. The van der Waals surface area contributed by atoms with Crippen molar-refractivity contribution in [2.24, 2.45) is 5.92 Å². The van der Waals surface area contributed by atoms with Gasteiger partial charge in [-0.1, -0.05) is 26.3 Å². The molecule has 1 fully saturated rings. The van der Waals surface area contributed by atoms with E-state index in [4.69, 9.17) is 0 Å². The van der Waals surface area contributed by atoms with Gasteiger partial charge in [0.1, 0.15) is 5.82 Å². The Hall–Kier alpha value is -0.930. The van der Waals surface area contributed by atoms with Gasteiger partial charge < -0.3 is 5.32 Å². The number of nitrogens with one attached hydrogen (secondary N) is 1. The minimum absolute atomic E-state index is 0.138. The lowest BCUT2D eigenvalue weighted by Crippen LogP contribution is -2.41. The molecule has 1 N–H and O–H groups in total. The van der Waals surface area contributed by atoms with E-state index in [1.807, 2.05) is 13.0 Å². The second kappa shape index (κ2) is 7.19. The smallest absolute Gasteiger partial charge is 0.123 e. The Morgan fingerprint density at radius 2 is 2.25 bits per heavy atom. The third-order valence-electron chi connectivity index (χ3n) is 4.54. The van der Waals surface area contributed by atoms with Crippen molar-refractivity contribution in [2.45, 2.75) is 46.2 Å². The molecular weight excluding hydrogens is 251 g/mol. The van der Waals surface area contributed by atoms with Gasteiger partial charge >= 0.3 is 0 Å². The van der Waals surface area contributed by atoms with Crippen molar-refractivity contribution < 1.29 is 4.39 Å². The number of hydrogen-bond donors (Lipinski definition) is 1. The molecule has 0 saturated carbocycles. The predicted molar refractivity (Wildman–Crippen MR) is 82.3 cm³/mol. The summed E-state index contributed by atoms with van der Waals surface area (Å²) in [6.07, 6.45) is 2.40. The number of hydrogen-bond acceptors (Lipinski definition) is 2. The van der Waals surface area contributed by atoms with Crippen LogP contribution in [0.25, 0.3) is 0 Å². The van der Waals surface area contributed by atoms with Crippen LogP contribution in [0, 0.1) is 18.7 Å². The van der Waals surface area contributed by atoms with Gasteiger partial charge in [0, 0.05) is 19.1 Å². The second-order valence-electron chi connectivity index (χ2n) is 6.11. The van der Waals surface area contributed by atoms with Crippen LogP contribution in [0.2, 0.25) is 0 Å². The number of halogens is 1. The van der Waals surface area contributed by atoms with E-state index in [2.05, 4.69) is 24.1 Å². The number of aryl methyl sites for hydroxylation is 1. The largest absolute Gasteiger partial charge is 0.312 e. The first kappa shape index (κ1) is 15.5. The molecule has 20 heavy (non-hydrogen) atoms. The van der Waals surface area contributed by atoms with E-state index in [0.29, 0.717) is 12.0 Å². The SMILES string of the molecule is CCC(C)C1CN(Cc2ccc(F)cc2C)CCCN1. The first-order valence-corrected chi connectivity index (χ1v) is 7.81. The summed E-state index contributed by atoms with van der Waals surface area (Å²) in [6.45, 7) is 10.8. The first-order valence-electron chi connectivity index (χ1n) is 7.81. The van der Waals surface area contributed by atoms with Crippen molar-refractivity contribution in [1.82, 2.24) is 10.2 Å². The first-order chi connectivity index (χ1) is 9.60. The Morgan fingerprint density at radius 3 is 2.95 bits per heavy atom. The summed E-state index contributed by atoms with van der Waals surface area (Å²) >= 11 is 0. The molecule has 1 saturated heterocycles. The monoisotopic (exact) mass is 278 g/mol. The van der Waals surface area contributed by atoms with Crippen LogP contribution >= 0.6 is 0 Å². The summed E-state index contributed by atoms with van der Waals surface area (Å²) in [5.41, 5.74) is 2.30. The molecule has 0 amide bonds. The van der Waals surface area contributed by atoms with Crippen molar-refractivity contribution >= 4 is 0 Å². The van der Waals surface area contributed by atoms with E-state index in [1.165, 1.54) is 18.4 Å². The molecule has 1 aromatic rings. The second-order valence-corrected chi connectivity index (χ2v) is 6.11. The molecule has 2 nitrogen and oxygen atoms in total. The maximum absolute atomic E-state index is 13.2. The molecule has 1 aliphatic heterocycles. The van der Waals surface area contributed by atoms with E-state index in [1.54, 1.807) is 12.1 Å². The van der Waals surface area contributed by atoms with Gasteiger partial charge in [0.2, 0.25) is 0 Å². The standard InChI is InChI=1S/C17H27FN2/c1-4-13(2)17-12-20(9-5-8-19-17)11-15-6-7-16(18)10-14(15)3/h6-7,10,13,17,19H,4-5,8-9,11-12H2,1-3H3. The normalized spacial score (nSPS) is 22.5. The lowest BCUT2D eigenvalue weighted by Gasteiger charge is -2.28. The fourth-order valence-electron chi connectivity index (χ4n) is 2.91. The van der Waals surface area contributed by atoms with Crippen LogP contribution in [0.5, 0.6) is 0 Å². The number of nitrogens with zero attached hydrogens (tertiary/aromatic N) is 1. The molecule has 1 heterocycles. The zero-order chi connectivity index (χ0) is 14.5. The average Bonchev–Trinajstić information content (AvgIpc) is 2.66. The van der Waals surface area contributed by atoms with E-state index in [9.17, 15) is 4.39 Å². The van der Waals surface area contributed by atoms with Crippen LogP contribution in [0.4, 0.5) is 4.39 Å². The highest BCUT2D eigenvalue weighted by Gasteiger charge is 2.21. The third kappa shape index (κ3) is 4.03. The van der Waals surface area contributed by atoms with E-state index in [0.717, 1.165) is 31.7 Å². The lowest BCUT2D eigenvalue weighted by molar-refractivity contribution is 0.231. The topological polar surface area (TPSA) is 15.3 Å². The van der Waals surface area contributed by atoms with Crippen LogP contribution in [0.15, 0.2) is 18.2 Å². The van der Waals surface area contributed by atoms with E-state index < -0.39 is 0 Å². The summed E-state index contributed by atoms with van der Waals surface area (Å²) in [7, 11) is 0. The molecular formula is C17H27FN2. The van der Waals surface area contributed by atoms with Crippen LogP contribution in [-0.4, -0.2) is 30.6 Å². The van der Waals surface area contributed by atoms with Crippen LogP contribution in [0.3, 0.4) is 0 Å². The van der Waals surface area contributed by atoms with Gasteiger partial charge in [-0.15, -0.1) is 0 Å². The van der Waals surface area contributed by atoms with Gasteiger partial charge in [-0.05, 0) is 55.6 Å². The Morgan fingerprint density at radius 1 is 1.45 bits per heavy atom. The van der Waals surface area contributed by atoms with Gasteiger partial charge in [-0.2, -0.15) is 0 Å². The Labute approximate surface area is 122 Å². The van der Waals surface area contributed by atoms with Gasteiger partial charge in [0.05, 0.1) is 0 Å². The van der Waals surface area contributed by atoms with Gasteiger partial charge in [-0.3, -0.25) is 4.90 Å². The van der Waals surface area contributed by atoms with Crippen LogP contribution < -0.4 is 5.32 Å². The van der Waals surface area contributed by atoms with Crippen molar-refractivity contribution in [3.63, 3.8) is 0 Å². The molecule has 2 atom stereocenters. The van der Waals surface area contributed by atoms with Crippen LogP contribution in [-0.2, 0) is 6.54 Å². The fraction of sp³-hybridized carbons (Fsp3) is 0.647. The average molecular weight is 278 g/mol. The number of rotatable bonds is 4. The maximum Gasteiger partial charge on any atom is 0.123 e. The molecule has 0 spiro atoms. The Bertz CT molecular complexity index is 433. The summed E-state index contributed by atoms with van der Waals surface area (Å²) in [5, 5.41) is 3.67. The molecule has 1 aromatic carbocycles. The predicted octanol–water partition coefficient (Wildman–Crippen LogP) is 3.34. The Kier molecular flexibility index (Phi) is 5.55. The summed E-state index contributed by atoms with van der Waals surface area (Å²) in [6, 6.07) is 5.71. The fourth-order valence-corrected chi connectivity index (χ4v) is 2.91. The quantitative estimate of drug-likeness (QED) is 0.908. The highest BCUT2D eigenvalue weighted by atomic mass is 19.1. The molecule has 3 heteroatoms. The third-order valence-corrected chi connectivity index (χ3v) is 4.54.